The molecule has 1 aliphatic rings. The number of piperidine rings is 1. The lowest BCUT2D eigenvalue weighted by Crippen LogP contribution is -2.37. The molecule has 0 spiro atoms. The molecule has 2 aromatic rings. The number of carbonyl (C=O) groups excluding carboxylic acids is 1. The van der Waals surface area contributed by atoms with Crippen LogP contribution >= 0.6 is 39.1 Å². The minimum Gasteiger partial charge on any atom is -0.326 e. The maximum Gasteiger partial charge on any atom is 0.227 e. The normalized spacial score (nSPS) is 16.0. The van der Waals surface area contributed by atoms with E-state index < -0.39 is 0 Å². The Morgan fingerprint density at radius 1 is 1.08 bits per heavy atom. The minimum atomic E-state index is 0.0376. The number of anilines is 1. The molecular formula is C19H19BrCl2N2O. The lowest BCUT2D eigenvalue weighted by atomic mass is 9.95. The van der Waals surface area contributed by atoms with E-state index in [1.54, 1.807) is 18.2 Å². The number of carbonyl (C=O) groups is 1. The molecule has 3 nitrogen and oxygen atoms in total. The topological polar surface area (TPSA) is 32.3 Å². The van der Waals surface area contributed by atoms with Crippen molar-refractivity contribution < 1.29 is 4.79 Å². The predicted octanol–water partition coefficient (Wildman–Crippen LogP) is 5.61. The molecule has 132 valence electrons. The Labute approximate surface area is 166 Å². The molecule has 1 saturated heterocycles. The van der Waals surface area contributed by atoms with Gasteiger partial charge in [-0.05, 0) is 61.8 Å². The van der Waals surface area contributed by atoms with Crippen molar-refractivity contribution in [3.05, 3.63) is 62.5 Å². The van der Waals surface area contributed by atoms with Crippen LogP contribution in [0.15, 0.2) is 46.9 Å². The number of nitrogens with zero attached hydrogens (tertiary/aromatic N) is 1. The van der Waals surface area contributed by atoms with Crippen LogP contribution in [0.25, 0.3) is 0 Å². The van der Waals surface area contributed by atoms with Crippen LogP contribution in [0.2, 0.25) is 10.0 Å². The number of likely N-dealkylation sites (tertiary alicyclic amines) is 1. The Balaban J connectivity index is 1.50. The van der Waals surface area contributed by atoms with Gasteiger partial charge in [0.15, 0.2) is 0 Å². The highest BCUT2D eigenvalue weighted by Crippen LogP contribution is 2.26. The van der Waals surface area contributed by atoms with Crippen molar-refractivity contribution >= 4 is 50.7 Å². The van der Waals surface area contributed by atoms with E-state index in [1.807, 2.05) is 0 Å². The van der Waals surface area contributed by atoms with E-state index in [0.717, 1.165) is 36.9 Å². The average molecular weight is 442 g/mol. The number of nitrogens with one attached hydrogen (secondary N) is 1. The number of hydrogen-bond donors (Lipinski definition) is 1. The maximum atomic E-state index is 12.5. The van der Waals surface area contributed by atoms with Crippen LogP contribution in [-0.2, 0) is 11.3 Å². The molecule has 2 aromatic carbocycles. The van der Waals surface area contributed by atoms with Crippen LogP contribution in [-0.4, -0.2) is 23.9 Å². The number of amides is 1. The van der Waals surface area contributed by atoms with Crippen molar-refractivity contribution in [3.63, 3.8) is 0 Å². The maximum absolute atomic E-state index is 12.5. The Morgan fingerprint density at radius 2 is 1.76 bits per heavy atom. The number of benzene rings is 2. The summed E-state index contributed by atoms with van der Waals surface area (Å²) in [5.74, 6) is 0.0947. The van der Waals surface area contributed by atoms with Gasteiger partial charge in [-0.1, -0.05) is 51.3 Å². The van der Waals surface area contributed by atoms with Gasteiger partial charge < -0.3 is 5.32 Å². The number of rotatable bonds is 4. The van der Waals surface area contributed by atoms with Gasteiger partial charge in [0.1, 0.15) is 0 Å². The molecule has 0 bridgehead atoms. The SMILES string of the molecule is O=C(Nc1ccc(Cl)c(Cl)c1)C1CCN(Cc2ccc(Br)cc2)CC1. The first kappa shape index (κ1) is 18.7. The van der Waals surface area contributed by atoms with Gasteiger partial charge in [0.05, 0.1) is 10.0 Å². The van der Waals surface area contributed by atoms with Crippen molar-refractivity contribution in [1.29, 1.82) is 0 Å². The van der Waals surface area contributed by atoms with Gasteiger partial charge in [-0.3, -0.25) is 9.69 Å². The smallest absolute Gasteiger partial charge is 0.227 e. The van der Waals surface area contributed by atoms with Gasteiger partial charge in [-0.25, -0.2) is 0 Å². The summed E-state index contributed by atoms with van der Waals surface area (Å²) in [7, 11) is 0. The Morgan fingerprint density at radius 3 is 2.40 bits per heavy atom. The summed E-state index contributed by atoms with van der Waals surface area (Å²) < 4.78 is 1.09. The Bertz CT molecular complexity index is 744. The summed E-state index contributed by atoms with van der Waals surface area (Å²) in [5, 5.41) is 3.88. The summed E-state index contributed by atoms with van der Waals surface area (Å²) in [4.78, 5) is 14.9. The van der Waals surface area contributed by atoms with Crippen LogP contribution in [0.3, 0.4) is 0 Å². The molecule has 1 N–H and O–H groups in total. The third-order valence-electron chi connectivity index (χ3n) is 4.46. The largest absolute Gasteiger partial charge is 0.326 e. The summed E-state index contributed by atoms with van der Waals surface area (Å²) in [5.41, 5.74) is 1.98. The molecule has 25 heavy (non-hydrogen) atoms. The molecule has 0 atom stereocenters. The van der Waals surface area contributed by atoms with Crippen molar-refractivity contribution in [2.75, 3.05) is 18.4 Å². The zero-order chi connectivity index (χ0) is 17.8. The predicted molar refractivity (Wildman–Crippen MR) is 107 cm³/mol. The van der Waals surface area contributed by atoms with Gasteiger partial charge in [-0.2, -0.15) is 0 Å². The molecule has 1 amide bonds. The average Bonchev–Trinajstić information content (AvgIpc) is 2.61. The van der Waals surface area contributed by atoms with Crippen molar-refractivity contribution in [2.24, 2.45) is 5.92 Å². The Hall–Kier alpha value is -1.07. The summed E-state index contributed by atoms with van der Waals surface area (Å²) in [6, 6.07) is 13.5. The van der Waals surface area contributed by atoms with Crippen LogP contribution in [0.4, 0.5) is 5.69 Å². The van der Waals surface area contributed by atoms with Gasteiger partial charge in [-0.15, -0.1) is 0 Å². The highest BCUT2D eigenvalue weighted by Gasteiger charge is 2.25. The first-order chi connectivity index (χ1) is 12.0. The molecule has 1 fully saturated rings. The molecule has 1 aliphatic heterocycles. The van der Waals surface area contributed by atoms with E-state index in [-0.39, 0.29) is 11.8 Å². The third-order valence-corrected chi connectivity index (χ3v) is 5.73. The van der Waals surface area contributed by atoms with Crippen molar-refractivity contribution in [3.8, 4) is 0 Å². The second-order valence-corrected chi connectivity index (χ2v) is 8.03. The Kier molecular flexibility index (Phi) is 6.39. The first-order valence-electron chi connectivity index (χ1n) is 8.24. The van der Waals surface area contributed by atoms with Crippen LogP contribution < -0.4 is 5.32 Å². The molecule has 0 unspecified atom stereocenters. The summed E-state index contributed by atoms with van der Waals surface area (Å²) in [6.07, 6.45) is 1.73. The summed E-state index contributed by atoms with van der Waals surface area (Å²) >= 11 is 15.4. The molecule has 0 saturated carbocycles. The van der Waals surface area contributed by atoms with Crippen molar-refractivity contribution in [1.82, 2.24) is 4.90 Å². The lowest BCUT2D eigenvalue weighted by Gasteiger charge is -2.31. The van der Waals surface area contributed by atoms with Gasteiger partial charge >= 0.3 is 0 Å². The zero-order valence-electron chi connectivity index (χ0n) is 13.6. The molecule has 1 heterocycles. The second kappa shape index (κ2) is 8.54. The standard InChI is InChI=1S/C19H19BrCl2N2O/c20-15-3-1-13(2-4-15)12-24-9-7-14(8-10-24)19(25)23-16-5-6-17(21)18(22)11-16/h1-6,11,14H,7-10,12H2,(H,23,25). The molecule has 0 aromatic heterocycles. The summed E-state index contributed by atoms with van der Waals surface area (Å²) in [6.45, 7) is 2.78. The molecule has 0 radical (unpaired) electrons. The molecule has 0 aliphatic carbocycles. The molecular weight excluding hydrogens is 423 g/mol. The number of hydrogen-bond acceptors (Lipinski definition) is 2. The fourth-order valence-corrected chi connectivity index (χ4v) is 3.58. The van der Waals surface area contributed by atoms with E-state index in [4.69, 9.17) is 23.2 Å². The molecule has 3 rings (SSSR count). The highest BCUT2D eigenvalue weighted by molar-refractivity contribution is 9.10. The highest BCUT2D eigenvalue weighted by atomic mass is 79.9. The quantitative estimate of drug-likeness (QED) is 0.668. The van der Waals surface area contributed by atoms with E-state index in [9.17, 15) is 4.79 Å². The fraction of sp³-hybridized carbons (Fsp3) is 0.316. The van der Waals surface area contributed by atoms with Gasteiger partial charge in [0, 0.05) is 22.6 Å². The van der Waals surface area contributed by atoms with Crippen LogP contribution in [0.5, 0.6) is 0 Å². The van der Waals surface area contributed by atoms with Crippen LogP contribution in [0, 0.1) is 5.92 Å². The zero-order valence-corrected chi connectivity index (χ0v) is 16.7. The number of halogens is 3. The minimum absolute atomic E-state index is 0.0376. The van der Waals surface area contributed by atoms with Gasteiger partial charge in [0.2, 0.25) is 5.91 Å². The second-order valence-electron chi connectivity index (χ2n) is 6.30. The van der Waals surface area contributed by atoms with Gasteiger partial charge in [0.25, 0.3) is 0 Å². The fourth-order valence-electron chi connectivity index (χ4n) is 3.02. The van der Waals surface area contributed by atoms with Crippen LogP contribution in [0.1, 0.15) is 18.4 Å². The first-order valence-corrected chi connectivity index (χ1v) is 9.79. The van der Waals surface area contributed by atoms with E-state index in [0.29, 0.717) is 15.7 Å². The monoisotopic (exact) mass is 440 g/mol. The van der Waals surface area contributed by atoms with E-state index >= 15 is 0 Å². The lowest BCUT2D eigenvalue weighted by molar-refractivity contribution is -0.121. The van der Waals surface area contributed by atoms with E-state index in [2.05, 4.69) is 50.4 Å². The molecule has 6 heteroatoms. The van der Waals surface area contributed by atoms with Crippen molar-refractivity contribution in [2.45, 2.75) is 19.4 Å². The van der Waals surface area contributed by atoms with E-state index in [1.165, 1.54) is 5.56 Å². The third kappa shape index (κ3) is 5.20.